The van der Waals surface area contributed by atoms with Gasteiger partial charge in [0, 0.05) is 46.9 Å². The molecule has 3 heterocycles. The topological polar surface area (TPSA) is 18.5 Å². The summed E-state index contributed by atoms with van der Waals surface area (Å²) in [6.07, 6.45) is 12.4. The molecule has 0 aliphatic rings. The summed E-state index contributed by atoms with van der Waals surface area (Å²) in [6.45, 7) is 1.78. The third-order valence-electron chi connectivity index (χ3n) is 5.64. The summed E-state index contributed by atoms with van der Waals surface area (Å²) >= 11 is 5.76. The number of aryl methyl sites for hydroxylation is 2. The van der Waals surface area contributed by atoms with Crippen molar-refractivity contribution in [1.29, 1.82) is 0 Å². The number of hydrogen-bond donors (Lipinski definition) is 0. The van der Waals surface area contributed by atoms with Gasteiger partial charge in [0.15, 0.2) is 0 Å². The number of unbranched alkanes of at least 4 members (excludes halogenated alkanes) is 6. The highest BCUT2D eigenvalue weighted by Gasteiger charge is 2.13. The van der Waals surface area contributed by atoms with E-state index in [0.29, 0.717) is 0 Å². The van der Waals surface area contributed by atoms with E-state index >= 15 is 0 Å². The Morgan fingerprint density at radius 3 is 1.48 bits per heavy atom. The number of methoxy groups -OCH3 is 2. The Labute approximate surface area is 200 Å². The third-order valence-corrected chi connectivity index (χ3v) is 8.99. The van der Waals surface area contributed by atoms with Crippen molar-refractivity contribution in [3.8, 4) is 19.5 Å². The molecule has 0 aliphatic heterocycles. The lowest BCUT2D eigenvalue weighted by Gasteiger charge is -2.04. The summed E-state index contributed by atoms with van der Waals surface area (Å²) in [5, 5.41) is 4.52. The summed E-state index contributed by atoms with van der Waals surface area (Å²) in [6, 6.07) is 9.33. The Morgan fingerprint density at radius 2 is 1.03 bits per heavy atom. The fraction of sp³-hybridized carbons (Fsp3) is 0.538. The van der Waals surface area contributed by atoms with Gasteiger partial charge < -0.3 is 9.47 Å². The van der Waals surface area contributed by atoms with E-state index in [1.165, 1.54) is 94.8 Å². The van der Waals surface area contributed by atoms with Crippen molar-refractivity contribution < 1.29 is 9.47 Å². The van der Waals surface area contributed by atoms with Crippen LogP contribution in [0.1, 0.15) is 62.5 Å². The largest absolute Gasteiger partial charge is 0.385 e. The average molecular weight is 477 g/mol. The predicted molar refractivity (Wildman–Crippen MR) is 139 cm³/mol. The molecule has 0 unspecified atom stereocenters. The fourth-order valence-electron chi connectivity index (χ4n) is 3.91. The molecule has 0 radical (unpaired) electrons. The summed E-state index contributed by atoms with van der Waals surface area (Å²) in [5.74, 6) is 0. The first-order valence-corrected chi connectivity index (χ1v) is 14.1. The molecule has 0 spiro atoms. The molecule has 3 rings (SSSR count). The van der Waals surface area contributed by atoms with Crippen molar-refractivity contribution in [3.05, 3.63) is 46.2 Å². The van der Waals surface area contributed by atoms with Crippen LogP contribution in [0, 0.1) is 0 Å². The Hall–Kier alpha value is -0.980. The number of ether oxygens (including phenoxy) is 2. The van der Waals surface area contributed by atoms with E-state index in [9.17, 15) is 0 Å². The van der Waals surface area contributed by atoms with E-state index in [1.54, 1.807) is 14.2 Å². The molecule has 31 heavy (non-hydrogen) atoms. The van der Waals surface area contributed by atoms with E-state index in [4.69, 9.17) is 9.47 Å². The van der Waals surface area contributed by atoms with Crippen molar-refractivity contribution in [2.24, 2.45) is 0 Å². The molecule has 0 saturated heterocycles. The van der Waals surface area contributed by atoms with Crippen molar-refractivity contribution >= 4 is 34.0 Å². The zero-order valence-electron chi connectivity index (χ0n) is 19.0. The van der Waals surface area contributed by atoms with Gasteiger partial charge in [-0.1, -0.05) is 25.7 Å². The highest BCUT2D eigenvalue weighted by Crippen LogP contribution is 2.42. The van der Waals surface area contributed by atoms with Gasteiger partial charge in [-0.15, -0.1) is 34.0 Å². The molecule has 0 aromatic carbocycles. The molecule has 0 bridgehead atoms. The minimum atomic E-state index is 0.889. The van der Waals surface area contributed by atoms with Gasteiger partial charge in [-0.3, -0.25) is 0 Å². The first kappa shape index (κ1) is 24.7. The Bertz CT molecular complexity index is 793. The van der Waals surface area contributed by atoms with Crippen LogP contribution in [0.25, 0.3) is 19.5 Å². The zero-order chi connectivity index (χ0) is 21.7. The maximum Gasteiger partial charge on any atom is 0.0474 e. The number of hydrogen-bond acceptors (Lipinski definition) is 5. The molecule has 3 aromatic rings. The van der Waals surface area contributed by atoms with E-state index < -0.39 is 0 Å². The molecule has 0 amide bonds. The monoisotopic (exact) mass is 476 g/mol. The molecule has 170 valence electrons. The SMILES string of the molecule is COCCCCCCc1ccsc1-c1ccc(-c2sccc2CCCCCCOC)s1. The van der Waals surface area contributed by atoms with Crippen LogP contribution in [0.2, 0.25) is 0 Å². The van der Waals surface area contributed by atoms with Gasteiger partial charge in [-0.25, -0.2) is 0 Å². The van der Waals surface area contributed by atoms with Crippen molar-refractivity contribution in [1.82, 2.24) is 0 Å². The first-order chi connectivity index (χ1) is 15.3. The van der Waals surface area contributed by atoms with Crippen LogP contribution in [-0.2, 0) is 22.3 Å². The van der Waals surface area contributed by atoms with Crippen LogP contribution in [0.3, 0.4) is 0 Å². The van der Waals surface area contributed by atoms with Gasteiger partial charge in [-0.2, -0.15) is 0 Å². The van der Waals surface area contributed by atoms with Crippen LogP contribution in [-0.4, -0.2) is 27.4 Å². The molecule has 0 atom stereocenters. The lowest BCUT2D eigenvalue weighted by Crippen LogP contribution is -1.90. The van der Waals surface area contributed by atoms with Crippen LogP contribution >= 0.6 is 34.0 Å². The Kier molecular flexibility index (Phi) is 11.3. The molecule has 0 fully saturated rings. The van der Waals surface area contributed by atoms with Crippen molar-refractivity contribution in [3.63, 3.8) is 0 Å². The van der Waals surface area contributed by atoms with E-state index in [-0.39, 0.29) is 0 Å². The summed E-state index contributed by atoms with van der Waals surface area (Å²) in [5.41, 5.74) is 3.04. The van der Waals surface area contributed by atoms with Crippen LogP contribution < -0.4 is 0 Å². The second-order valence-corrected chi connectivity index (χ2v) is 10.9. The maximum atomic E-state index is 5.15. The highest BCUT2D eigenvalue weighted by atomic mass is 32.1. The minimum absolute atomic E-state index is 0.889. The summed E-state index contributed by atoms with van der Waals surface area (Å²) in [4.78, 5) is 5.81. The minimum Gasteiger partial charge on any atom is -0.385 e. The number of thiophene rings is 3. The van der Waals surface area contributed by atoms with Crippen molar-refractivity contribution in [2.75, 3.05) is 27.4 Å². The fourth-order valence-corrected chi connectivity index (χ4v) is 7.15. The van der Waals surface area contributed by atoms with Crippen LogP contribution in [0.4, 0.5) is 0 Å². The normalized spacial score (nSPS) is 11.4. The van der Waals surface area contributed by atoms with Crippen LogP contribution in [0.5, 0.6) is 0 Å². The van der Waals surface area contributed by atoms with Gasteiger partial charge in [-0.05, 0) is 84.7 Å². The first-order valence-electron chi connectivity index (χ1n) is 11.5. The predicted octanol–water partition coefficient (Wildman–Crippen LogP) is 8.70. The standard InChI is InChI=1S/C26H36O2S3/c1-27-17-9-5-3-7-11-21-15-19-29-25(21)23-13-14-24(31-23)26-22(16-20-30-26)12-8-4-6-10-18-28-2/h13-16,19-20H,3-12,17-18H2,1-2H3. The zero-order valence-corrected chi connectivity index (χ0v) is 21.4. The van der Waals surface area contributed by atoms with Gasteiger partial charge in [0.1, 0.15) is 0 Å². The van der Waals surface area contributed by atoms with E-state index in [2.05, 4.69) is 35.0 Å². The molecule has 5 heteroatoms. The smallest absolute Gasteiger partial charge is 0.0474 e. The van der Waals surface area contributed by atoms with Gasteiger partial charge in [0.25, 0.3) is 0 Å². The lowest BCUT2D eigenvalue weighted by atomic mass is 10.1. The maximum absolute atomic E-state index is 5.15. The average Bonchev–Trinajstić information content (AvgIpc) is 3.53. The summed E-state index contributed by atoms with van der Waals surface area (Å²) in [7, 11) is 3.58. The van der Waals surface area contributed by atoms with Crippen molar-refractivity contribution in [2.45, 2.75) is 64.2 Å². The van der Waals surface area contributed by atoms with E-state index in [1.807, 2.05) is 34.0 Å². The van der Waals surface area contributed by atoms with Gasteiger partial charge >= 0.3 is 0 Å². The molecular weight excluding hydrogens is 440 g/mol. The third kappa shape index (κ3) is 7.83. The molecular formula is C26H36O2S3. The molecule has 0 N–H and O–H groups in total. The van der Waals surface area contributed by atoms with E-state index in [0.717, 1.165) is 13.2 Å². The van der Waals surface area contributed by atoms with Gasteiger partial charge in [0.2, 0.25) is 0 Å². The lowest BCUT2D eigenvalue weighted by molar-refractivity contribution is 0.192. The Balaban J connectivity index is 1.54. The molecule has 2 nitrogen and oxygen atoms in total. The number of rotatable bonds is 16. The summed E-state index contributed by atoms with van der Waals surface area (Å²) < 4.78 is 10.3. The van der Waals surface area contributed by atoms with Gasteiger partial charge in [0.05, 0.1) is 0 Å². The molecule has 0 saturated carbocycles. The Morgan fingerprint density at radius 1 is 0.581 bits per heavy atom. The molecule has 3 aromatic heterocycles. The second kappa shape index (κ2) is 14.2. The molecule has 0 aliphatic carbocycles. The second-order valence-electron chi connectivity index (χ2n) is 8.03. The highest BCUT2D eigenvalue weighted by molar-refractivity contribution is 7.25. The quantitative estimate of drug-likeness (QED) is 0.192. The van der Waals surface area contributed by atoms with Crippen LogP contribution in [0.15, 0.2) is 35.0 Å².